The van der Waals surface area contributed by atoms with Gasteiger partial charge in [0.1, 0.15) is 6.29 Å². The van der Waals surface area contributed by atoms with E-state index in [1.165, 1.54) is 0 Å². The normalized spacial score (nSPS) is 29.7. The van der Waals surface area contributed by atoms with Crippen molar-refractivity contribution in [1.82, 2.24) is 0 Å². The summed E-state index contributed by atoms with van der Waals surface area (Å²) in [6.07, 6.45) is 7.92. The van der Waals surface area contributed by atoms with Gasteiger partial charge in [0.2, 0.25) is 0 Å². The maximum absolute atomic E-state index is 10.7. The minimum atomic E-state index is 0.297. The van der Waals surface area contributed by atoms with Gasteiger partial charge in [-0.3, -0.25) is 0 Å². The van der Waals surface area contributed by atoms with Crippen LogP contribution in [0, 0.1) is 11.8 Å². The number of aldehydes is 1. The van der Waals surface area contributed by atoms with Crippen molar-refractivity contribution < 1.29 is 4.79 Å². The van der Waals surface area contributed by atoms with E-state index < -0.39 is 0 Å². The molecule has 0 aromatic carbocycles. The topological polar surface area (TPSA) is 17.1 Å². The second kappa shape index (κ2) is 4.44. The van der Waals surface area contributed by atoms with Crippen LogP contribution in [0.15, 0.2) is 11.6 Å². The van der Waals surface area contributed by atoms with Crippen LogP contribution in [0.3, 0.4) is 0 Å². The number of hydrogen-bond acceptors (Lipinski definition) is 1. The largest absolute Gasteiger partial charge is 0.303 e. The van der Waals surface area contributed by atoms with Crippen LogP contribution in [0.25, 0.3) is 0 Å². The third-order valence-electron chi connectivity index (χ3n) is 2.90. The highest BCUT2D eigenvalue weighted by Crippen LogP contribution is 2.30. The molecule has 1 heteroatoms. The molecule has 1 aliphatic carbocycles. The number of allylic oxidation sites excluding steroid dienone is 2. The molecule has 1 rings (SSSR count). The number of rotatable bonds is 3. The zero-order valence-corrected chi connectivity index (χ0v) is 8.05. The first-order chi connectivity index (χ1) is 5.81. The Kier molecular flexibility index (Phi) is 3.51. The lowest BCUT2D eigenvalue weighted by Crippen LogP contribution is -2.18. The molecule has 2 unspecified atom stereocenters. The van der Waals surface area contributed by atoms with Crippen LogP contribution in [0.4, 0.5) is 0 Å². The van der Waals surface area contributed by atoms with Gasteiger partial charge in [-0.05, 0) is 31.6 Å². The fourth-order valence-corrected chi connectivity index (χ4v) is 1.96. The molecule has 0 N–H and O–H groups in total. The average Bonchev–Trinajstić information content (AvgIpc) is 2.16. The summed E-state index contributed by atoms with van der Waals surface area (Å²) < 4.78 is 0. The first kappa shape index (κ1) is 9.50. The van der Waals surface area contributed by atoms with Crippen LogP contribution in [0.1, 0.15) is 39.5 Å². The van der Waals surface area contributed by atoms with Gasteiger partial charge in [0, 0.05) is 5.92 Å². The van der Waals surface area contributed by atoms with E-state index in [0.717, 1.165) is 32.0 Å². The van der Waals surface area contributed by atoms with Gasteiger partial charge in [0.05, 0.1) is 0 Å². The molecular formula is C11H18O. The standard InChI is InChI=1S/C11H18O/c1-3-9-5-6-11(8-12)10(4-2)7-9/h7-8,10-11H,3-6H2,1-2H3. The number of carbonyl (C=O) groups is 1. The molecule has 1 nitrogen and oxygen atoms in total. The lowest BCUT2D eigenvalue weighted by molar-refractivity contribution is -0.112. The van der Waals surface area contributed by atoms with Crippen molar-refractivity contribution in [3.8, 4) is 0 Å². The molecule has 0 saturated carbocycles. The van der Waals surface area contributed by atoms with E-state index in [4.69, 9.17) is 0 Å². The Morgan fingerprint density at radius 1 is 1.58 bits per heavy atom. The summed E-state index contributed by atoms with van der Waals surface area (Å²) in [6, 6.07) is 0. The molecule has 0 amide bonds. The fraction of sp³-hybridized carbons (Fsp3) is 0.727. The Morgan fingerprint density at radius 2 is 2.33 bits per heavy atom. The van der Waals surface area contributed by atoms with Gasteiger partial charge in [-0.15, -0.1) is 0 Å². The fourth-order valence-electron chi connectivity index (χ4n) is 1.96. The first-order valence-corrected chi connectivity index (χ1v) is 4.96. The summed E-state index contributed by atoms with van der Waals surface area (Å²) in [5.74, 6) is 0.816. The van der Waals surface area contributed by atoms with Gasteiger partial charge in [0.25, 0.3) is 0 Å². The molecule has 0 radical (unpaired) electrons. The molecule has 0 spiro atoms. The molecule has 68 valence electrons. The minimum absolute atomic E-state index is 0.297. The third kappa shape index (κ3) is 1.96. The molecule has 0 fully saturated rings. The summed E-state index contributed by atoms with van der Waals surface area (Å²) in [6.45, 7) is 4.36. The van der Waals surface area contributed by atoms with E-state index in [2.05, 4.69) is 19.9 Å². The van der Waals surface area contributed by atoms with Gasteiger partial charge in [-0.25, -0.2) is 0 Å². The molecule has 0 heterocycles. The summed E-state index contributed by atoms with van der Waals surface area (Å²) in [4.78, 5) is 10.7. The smallest absolute Gasteiger partial charge is 0.123 e. The number of carbonyl (C=O) groups excluding carboxylic acids is 1. The molecule has 0 saturated heterocycles. The summed E-state index contributed by atoms with van der Waals surface area (Å²) >= 11 is 0. The van der Waals surface area contributed by atoms with E-state index in [1.54, 1.807) is 5.57 Å². The zero-order chi connectivity index (χ0) is 8.97. The van der Waals surface area contributed by atoms with Gasteiger partial charge in [-0.1, -0.05) is 25.5 Å². The average molecular weight is 166 g/mol. The van der Waals surface area contributed by atoms with Crippen molar-refractivity contribution in [2.45, 2.75) is 39.5 Å². The van der Waals surface area contributed by atoms with Crippen molar-refractivity contribution >= 4 is 6.29 Å². The minimum Gasteiger partial charge on any atom is -0.303 e. The van der Waals surface area contributed by atoms with Crippen LogP contribution >= 0.6 is 0 Å². The molecule has 1 aliphatic rings. The molecule has 0 bridgehead atoms. The molecular weight excluding hydrogens is 148 g/mol. The van der Waals surface area contributed by atoms with E-state index >= 15 is 0 Å². The van der Waals surface area contributed by atoms with Crippen molar-refractivity contribution in [1.29, 1.82) is 0 Å². The summed E-state index contributed by atoms with van der Waals surface area (Å²) in [5.41, 5.74) is 1.54. The lowest BCUT2D eigenvalue weighted by atomic mass is 9.79. The Hall–Kier alpha value is -0.590. The van der Waals surface area contributed by atoms with Gasteiger partial charge < -0.3 is 4.79 Å². The highest BCUT2D eigenvalue weighted by molar-refractivity contribution is 5.55. The Bertz CT molecular complexity index is 181. The highest BCUT2D eigenvalue weighted by Gasteiger charge is 2.21. The van der Waals surface area contributed by atoms with E-state index in [-0.39, 0.29) is 0 Å². The van der Waals surface area contributed by atoms with Gasteiger partial charge >= 0.3 is 0 Å². The third-order valence-corrected chi connectivity index (χ3v) is 2.90. The van der Waals surface area contributed by atoms with E-state index in [0.29, 0.717) is 11.8 Å². The van der Waals surface area contributed by atoms with Crippen LogP contribution in [0.2, 0.25) is 0 Å². The molecule has 0 aromatic rings. The maximum atomic E-state index is 10.7. The number of hydrogen-bond donors (Lipinski definition) is 0. The van der Waals surface area contributed by atoms with Crippen LogP contribution in [-0.4, -0.2) is 6.29 Å². The summed E-state index contributed by atoms with van der Waals surface area (Å²) in [7, 11) is 0. The van der Waals surface area contributed by atoms with Crippen LogP contribution < -0.4 is 0 Å². The molecule has 2 atom stereocenters. The van der Waals surface area contributed by atoms with Gasteiger partial charge in [0.15, 0.2) is 0 Å². The highest BCUT2D eigenvalue weighted by atomic mass is 16.1. The second-order valence-electron chi connectivity index (χ2n) is 3.59. The molecule has 0 aliphatic heterocycles. The monoisotopic (exact) mass is 166 g/mol. The van der Waals surface area contributed by atoms with E-state index in [1.807, 2.05) is 0 Å². The first-order valence-electron chi connectivity index (χ1n) is 4.96. The van der Waals surface area contributed by atoms with Crippen LogP contribution in [0.5, 0.6) is 0 Å². The van der Waals surface area contributed by atoms with Crippen molar-refractivity contribution in [3.63, 3.8) is 0 Å². The maximum Gasteiger partial charge on any atom is 0.123 e. The van der Waals surface area contributed by atoms with Crippen molar-refractivity contribution in [3.05, 3.63) is 11.6 Å². The van der Waals surface area contributed by atoms with Crippen molar-refractivity contribution in [2.75, 3.05) is 0 Å². The predicted octanol–water partition coefficient (Wildman–Crippen LogP) is 2.96. The van der Waals surface area contributed by atoms with Crippen LogP contribution in [-0.2, 0) is 4.79 Å². The summed E-state index contributed by atoms with van der Waals surface area (Å²) in [5, 5.41) is 0. The molecule has 12 heavy (non-hydrogen) atoms. The molecule has 0 aromatic heterocycles. The van der Waals surface area contributed by atoms with Crippen molar-refractivity contribution in [2.24, 2.45) is 11.8 Å². The van der Waals surface area contributed by atoms with E-state index in [9.17, 15) is 4.79 Å². The predicted molar refractivity (Wildman–Crippen MR) is 50.9 cm³/mol. The zero-order valence-electron chi connectivity index (χ0n) is 8.05. The Labute approximate surface area is 74.9 Å². The second-order valence-corrected chi connectivity index (χ2v) is 3.59. The Balaban J connectivity index is 2.66. The SMILES string of the molecule is CCC1=CC(CC)C(C=O)CC1. The van der Waals surface area contributed by atoms with Gasteiger partial charge in [-0.2, -0.15) is 0 Å². The quantitative estimate of drug-likeness (QED) is 0.465. The lowest BCUT2D eigenvalue weighted by Gasteiger charge is -2.25. The Morgan fingerprint density at radius 3 is 2.83 bits per heavy atom.